The zero-order valence-electron chi connectivity index (χ0n) is 8.97. The second-order valence-corrected chi connectivity index (χ2v) is 4.03. The van der Waals surface area contributed by atoms with Gasteiger partial charge < -0.3 is 0 Å². The Morgan fingerprint density at radius 3 is 2.59 bits per heavy atom. The van der Waals surface area contributed by atoms with Crippen LogP contribution in [0.2, 0.25) is 5.15 Å². The maximum absolute atomic E-state index is 12.0. The molecule has 0 bridgehead atoms. The van der Waals surface area contributed by atoms with E-state index in [0.29, 0.717) is 11.6 Å². The molecule has 0 saturated carbocycles. The molecule has 0 saturated heterocycles. The van der Waals surface area contributed by atoms with Crippen molar-refractivity contribution in [2.24, 2.45) is 5.84 Å². The Bertz CT molecular complexity index is 340. The molecule has 0 aromatic carbocycles. The second kappa shape index (κ2) is 6.18. The fraction of sp³-hybridized carbons (Fsp3) is 0.500. The molecule has 1 atom stereocenters. The summed E-state index contributed by atoms with van der Waals surface area (Å²) in [6.45, 7) is 0. The number of hydrogen-bond donors (Lipinski definition) is 2. The van der Waals surface area contributed by atoms with Crippen LogP contribution in [0, 0.1) is 0 Å². The number of alkyl halides is 3. The first kappa shape index (κ1) is 14.2. The van der Waals surface area contributed by atoms with Gasteiger partial charge in [-0.1, -0.05) is 17.7 Å². The average Bonchev–Trinajstić information content (AvgIpc) is 2.24. The number of aromatic nitrogens is 1. The largest absolute Gasteiger partial charge is 0.389 e. The summed E-state index contributed by atoms with van der Waals surface area (Å²) in [6, 6.07) is 2.92. The van der Waals surface area contributed by atoms with E-state index in [-0.39, 0.29) is 12.5 Å². The molecule has 0 aliphatic carbocycles. The molecular formula is C10H13ClF3N3. The number of halogens is 4. The summed E-state index contributed by atoms with van der Waals surface area (Å²) in [5.74, 6) is 5.30. The van der Waals surface area contributed by atoms with Crippen molar-refractivity contribution >= 4 is 11.6 Å². The summed E-state index contributed by atoms with van der Waals surface area (Å²) < 4.78 is 36.0. The van der Waals surface area contributed by atoms with Crippen molar-refractivity contribution in [3.05, 3.63) is 29.0 Å². The molecule has 0 fully saturated rings. The first-order valence-corrected chi connectivity index (χ1v) is 5.44. The molecule has 1 rings (SSSR count). The van der Waals surface area contributed by atoms with Crippen LogP contribution in [-0.4, -0.2) is 11.2 Å². The SMILES string of the molecule is NNC(CCCC(F)(F)F)c1ccc(Cl)nc1. The van der Waals surface area contributed by atoms with Gasteiger partial charge in [-0.3, -0.25) is 11.3 Å². The third-order valence-electron chi connectivity index (χ3n) is 2.31. The monoisotopic (exact) mass is 267 g/mol. The number of nitrogens with zero attached hydrogens (tertiary/aromatic N) is 1. The van der Waals surface area contributed by atoms with Gasteiger partial charge in [0.05, 0.1) is 0 Å². The molecule has 1 heterocycles. The topological polar surface area (TPSA) is 50.9 Å². The second-order valence-electron chi connectivity index (χ2n) is 3.64. The standard InChI is InChI=1S/C10H13ClF3N3/c11-9-4-3-7(6-16-9)8(17-15)2-1-5-10(12,13)14/h3-4,6,8,17H,1-2,5,15H2. The van der Waals surface area contributed by atoms with Crippen molar-refractivity contribution in [2.75, 3.05) is 0 Å². The van der Waals surface area contributed by atoms with Crippen LogP contribution in [-0.2, 0) is 0 Å². The minimum atomic E-state index is -4.13. The third-order valence-corrected chi connectivity index (χ3v) is 2.53. The van der Waals surface area contributed by atoms with Crippen molar-refractivity contribution in [3.8, 4) is 0 Å². The van der Waals surface area contributed by atoms with Crippen LogP contribution in [0.1, 0.15) is 30.9 Å². The van der Waals surface area contributed by atoms with E-state index < -0.39 is 12.6 Å². The Morgan fingerprint density at radius 1 is 1.41 bits per heavy atom. The van der Waals surface area contributed by atoms with E-state index >= 15 is 0 Å². The fourth-order valence-electron chi connectivity index (χ4n) is 1.45. The zero-order chi connectivity index (χ0) is 12.9. The molecule has 1 aromatic heterocycles. The summed E-state index contributed by atoms with van der Waals surface area (Å²) in [5.41, 5.74) is 3.19. The van der Waals surface area contributed by atoms with Gasteiger partial charge in [-0.15, -0.1) is 0 Å². The lowest BCUT2D eigenvalue weighted by atomic mass is 10.0. The molecule has 0 radical (unpaired) electrons. The predicted molar refractivity (Wildman–Crippen MR) is 59.2 cm³/mol. The highest BCUT2D eigenvalue weighted by molar-refractivity contribution is 6.29. The fourth-order valence-corrected chi connectivity index (χ4v) is 1.56. The lowest BCUT2D eigenvalue weighted by Crippen LogP contribution is -2.28. The third kappa shape index (κ3) is 5.34. The normalized spacial score (nSPS) is 13.7. The molecule has 1 unspecified atom stereocenters. The van der Waals surface area contributed by atoms with E-state index in [4.69, 9.17) is 17.4 Å². The van der Waals surface area contributed by atoms with Crippen molar-refractivity contribution in [1.29, 1.82) is 0 Å². The van der Waals surface area contributed by atoms with Crippen LogP contribution in [0.5, 0.6) is 0 Å². The van der Waals surface area contributed by atoms with E-state index in [1.54, 1.807) is 12.1 Å². The smallest absolute Gasteiger partial charge is 0.271 e. The minimum absolute atomic E-state index is 0.0149. The van der Waals surface area contributed by atoms with E-state index in [1.807, 2.05) is 0 Å². The molecule has 17 heavy (non-hydrogen) atoms. The first-order valence-electron chi connectivity index (χ1n) is 5.06. The summed E-state index contributed by atoms with van der Waals surface area (Å²) in [5, 5.41) is 0.333. The lowest BCUT2D eigenvalue weighted by Gasteiger charge is -2.16. The summed E-state index contributed by atoms with van der Waals surface area (Å²) >= 11 is 5.61. The first-order chi connectivity index (χ1) is 7.92. The van der Waals surface area contributed by atoms with Crippen molar-refractivity contribution in [2.45, 2.75) is 31.5 Å². The van der Waals surface area contributed by atoms with Gasteiger partial charge in [0.25, 0.3) is 0 Å². The quantitative estimate of drug-likeness (QED) is 0.490. The molecule has 0 aliphatic heterocycles. The van der Waals surface area contributed by atoms with Crippen LogP contribution in [0.4, 0.5) is 13.2 Å². The maximum atomic E-state index is 12.0. The van der Waals surface area contributed by atoms with Gasteiger partial charge in [0.1, 0.15) is 5.15 Å². The van der Waals surface area contributed by atoms with Crippen LogP contribution in [0.25, 0.3) is 0 Å². The van der Waals surface area contributed by atoms with Crippen LogP contribution < -0.4 is 11.3 Å². The van der Waals surface area contributed by atoms with Crippen molar-refractivity contribution in [1.82, 2.24) is 10.4 Å². The van der Waals surface area contributed by atoms with Crippen LogP contribution in [0.15, 0.2) is 18.3 Å². The summed E-state index contributed by atoms with van der Waals surface area (Å²) in [4.78, 5) is 3.85. The summed E-state index contributed by atoms with van der Waals surface area (Å²) in [6.07, 6.45) is -3.13. The molecule has 96 valence electrons. The number of nitrogens with two attached hydrogens (primary N) is 1. The van der Waals surface area contributed by atoms with Gasteiger partial charge in [0.2, 0.25) is 0 Å². The van der Waals surface area contributed by atoms with Crippen molar-refractivity contribution < 1.29 is 13.2 Å². The Morgan fingerprint density at radius 2 is 2.12 bits per heavy atom. The number of rotatable bonds is 5. The van der Waals surface area contributed by atoms with Gasteiger partial charge in [-0.25, -0.2) is 4.98 Å². The van der Waals surface area contributed by atoms with E-state index in [9.17, 15) is 13.2 Å². The highest BCUT2D eigenvalue weighted by Crippen LogP contribution is 2.26. The maximum Gasteiger partial charge on any atom is 0.389 e. The van der Waals surface area contributed by atoms with Gasteiger partial charge in [-0.05, 0) is 24.5 Å². The number of pyridine rings is 1. The minimum Gasteiger partial charge on any atom is -0.271 e. The van der Waals surface area contributed by atoms with E-state index in [1.165, 1.54) is 6.20 Å². The Labute approximate surface area is 102 Å². The zero-order valence-corrected chi connectivity index (χ0v) is 9.72. The van der Waals surface area contributed by atoms with Gasteiger partial charge >= 0.3 is 6.18 Å². The lowest BCUT2D eigenvalue weighted by molar-refractivity contribution is -0.135. The molecule has 1 aromatic rings. The van der Waals surface area contributed by atoms with Gasteiger partial charge in [-0.2, -0.15) is 13.2 Å². The average molecular weight is 268 g/mol. The molecule has 0 aliphatic rings. The van der Waals surface area contributed by atoms with Crippen LogP contribution >= 0.6 is 11.6 Å². The number of nitrogens with one attached hydrogen (secondary N) is 1. The highest BCUT2D eigenvalue weighted by atomic mass is 35.5. The molecule has 0 amide bonds. The Hall–Kier alpha value is -0.850. The van der Waals surface area contributed by atoms with Gasteiger partial charge in [0.15, 0.2) is 0 Å². The Kier molecular flexibility index (Phi) is 5.17. The molecule has 0 spiro atoms. The molecule has 7 heteroatoms. The highest BCUT2D eigenvalue weighted by Gasteiger charge is 2.26. The predicted octanol–water partition coefficient (Wildman–Crippen LogP) is 2.97. The van der Waals surface area contributed by atoms with Crippen molar-refractivity contribution in [3.63, 3.8) is 0 Å². The van der Waals surface area contributed by atoms with Gasteiger partial charge in [0, 0.05) is 18.7 Å². The van der Waals surface area contributed by atoms with E-state index in [2.05, 4.69) is 10.4 Å². The summed E-state index contributed by atoms with van der Waals surface area (Å²) in [7, 11) is 0. The molecular weight excluding hydrogens is 255 g/mol. The Balaban J connectivity index is 2.51. The molecule has 3 N–H and O–H groups in total. The van der Waals surface area contributed by atoms with E-state index in [0.717, 1.165) is 5.56 Å². The number of hydrogen-bond acceptors (Lipinski definition) is 3. The molecule has 3 nitrogen and oxygen atoms in total. The van der Waals surface area contributed by atoms with Crippen LogP contribution in [0.3, 0.4) is 0 Å². The number of hydrazine groups is 1.